The fraction of sp³-hybridized carbons (Fsp3) is 0.412. The molecule has 0 radical (unpaired) electrons. The molecule has 0 spiro atoms. The molecule has 1 fully saturated rings. The molecular formula is C17H21NO3S2. The fourth-order valence-electron chi connectivity index (χ4n) is 2.70. The van der Waals surface area contributed by atoms with Gasteiger partial charge in [0.15, 0.2) is 0 Å². The van der Waals surface area contributed by atoms with E-state index in [0.717, 1.165) is 24.2 Å². The van der Waals surface area contributed by atoms with E-state index >= 15 is 0 Å². The van der Waals surface area contributed by atoms with E-state index in [1.165, 1.54) is 11.3 Å². The van der Waals surface area contributed by atoms with E-state index in [2.05, 4.69) is 0 Å². The number of hydrogen-bond acceptors (Lipinski definition) is 4. The van der Waals surface area contributed by atoms with Crippen LogP contribution in [-0.4, -0.2) is 25.9 Å². The molecule has 1 saturated carbocycles. The van der Waals surface area contributed by atoms with Crippen molar-refractivity contribution in [3.05, 3.63) is 47.3 Å². The molecule has 4 nitrogen and oxygen atoms in total. The van der Waals surface area contributed by atoms with Gasteiger partial charge in [-0.15, -0.1) is 11.3 Å². The van der Waals surface area contributed by atoms with Gasteiger partial charge in [0, 0.05) is 12.6 Å². The highest BCUT2D eigenvalue weighted by Crippen LogP contribution is 2.38. The zero-order valence-electron chi connectivity index (χ0n) is 13.3. The van der Waals surface area contributed by atoms with Crippen LogP contribution < -0.4 is 4.74 Å². The Bertz CT molecular complexity index is 735. The standard InChI is InChI=1S/C17H21NO3S2/c1-13(15-7-8-15)18(23(19,20)17-4-3-11-22-17)12-14-5-9-16(21-2)10-6-14/h3-6,9-11,13,15H,7-8,12H2,1-2H3/t13-/m0/s1. The summed E-state index contributed by atoms with van der Waals surface area (Å²) in [6.07, 6.45) is 2.22. The van der Waals surface area contributed by atoms with Crippen LogP contribution in [0.2, 0.25) is 0 Å². The van der Waals surface area contributed by atoms with Crippen molar-refractivity contribution in [2.75, 3.05) is 7.11 Å². The molecular weight excluding hydrogens is 330 g/mol. The number of hydrogen-bond donors (Lipinski definition) is 0. The van der Waals surface area contributed by atoms with E-state index in [0.29, 0.717) is 16.7 Å². The SMILES string of the molecule is COc1ccc(CN([C@@H](C)C2CC2)S(=O)(=O)c2cccs2)cc1. The van der Waals surface area contributed by atoms with Crippen molar-refractivity contribution in [3.8, 4) is 5.75 Å². The van der Waals surface area contributed by atoms with Crippen molar-refractivity contribution < 1.29 is 13.2 Å². The lowest BCUT2D eigenvalue weighted by molar-refractivity contribution is 0.303. The Labute approximate surface area is 141 Å². The Balaban J connectivity index is 1.89. The fourth-order valence-corrected chi connectivity index (χ4v) is 5.50. The van der Waals surface area contributed by atoms with Crippen molar-refractivity contribution in [1.29, 1.82) is 0 Å². The smallest absolute Gasteiger partial charge is 0.253 e. The van der Waals surface area contributed by atoms with Crippen LogP contribution in [-0.2, 0) is 16.6 Å². The van der Waals surface area contributed by atoms with Crippen LogP contribution >= 0.6 is 11.3 Å². The average molecular weight is 351 g/mol. The molecule has 0 bridgehead atoms. The van der Waals surface area contributed by atoms with Crippen molar-refractivity contribution in [3.63, 3.8) is 0 Å². The maximum Gasteiger partial charge on any atom is 0.253 e. The summed E-state index contributed by atoms with van der Waals surface area (Å²) in [6.45, 7) is 2.41. The lowest BCUT2D eigenvalue weighted by Gasteiger charge is -2.28. The first-order valence-electron chi connectivity index (χ1n) is 7.70. The molecule has 3 rings (SSSR count). The van der Waals surface area contributed by atoms with Crippen LogP contribution in [0.25, 0.3) is 0 Å². The molecule has 2 aromatic rings. The highest BCUT2D eigenvalue weighted by molar-refractivity contribution is 7.91. The lowest BCUT2D eigenvalue weighted by atomic mass is 10.1. The first kappa shape index (κ1) is 16.5. The molecule has 0 saturated heterocycles. The Kier molecular flexibility index (Phi) is 4.75. The monoisotopic (exact) mass is 351 g/mol. The zero-order chi connectivity index (χ0) is 16.4. The van der Waals surface area contributed by atoms with Crippen LogP contribution in [0.5, 0.6) is 5.75 Å². The Morgan fingerprint density at radius 2 is 1.96 bits per heavy atom. The molecule has 0 amide bonds. The first-order valence-corrected chi connectivity index (χ1v) is 10.0. The molecule has 124 valence electrons. The Hall–Kier alpha value is -1.37. The minimum absolute atomic E-state index is 0.0178. The van der Waals surface area contributed by atoms with Crippen molar-refractivity contribution >= 4 is 21.4 Å². The molecule has 0 aliphatic heterocycles. The van der Waals surface area contributed by atoms with Crippen molar-refractivity contribution in [1.82, 2.24) is 4.31 Å². The number of rotatable bonds is 7. The predicted molar refractivity (Wildman–Crippen MR) is 92.2 cm³/mol. The number of thiophene rings is 1. The minimum atomic E-state index is -3.46. The van der Waals surface area contributed by atoms with Gasteiger partial charge >= 0.3 is 0 Å². The molecule has 1 aliphatic rings. The zero-order valence-corrected chi connectivity index (χ0v) is 14.9. The van der Waals surface area contributed by atoms with Gasteiger partial charge in [-0.3, -0.25) is 0 Å². The molecule has 1 aliphatic carbocycles. The summed E-state index contributed by atoms with van der Waals surface area (Å²) in [6, 6.07) is 11.1. The summed E-state index contributed by atoms with van der Waals surface area (Å²) < 4.78 is 33.2. The molecule has 1 aromatic heterocycles. The van der Waals surface area contributed by atoms with Gasteiger partial charge in [-0.1, -0.05) is 18.2 Å². The second kappa shape index (κ2) is 6.63. The number of methoxy groups -OCH3 is 1. The summed E-state index contributed by atoms with van der Waals surface area (Å²) in [5.74, 6) is 1.25. The van der Waals surface area contributed by atoms with Gasteiger partial charge in [-0.05, 0) is 54.8 Å². The lowest BCUT2D eigenvalue weighted by Crippen LogP contribution is -2.39. The second-order valence-corrected chi connectivity index (χ2v) is 8.97. The van der Waals surface area contributed by atoms with E-state index in [1.807, 2.05) is 31.2 Å². The third kappa shape index (κ3) is 3.59. The van der Waals surface area contributed by atoms with Crippen LogP contribution in [0.4, 0.5) is 0 Å². The van der Waals surface area contributed by atoms with Crippen LogP contribution in [0.1, 0.15) is 25.3 Å². The summed E-state index contributed by atoms with van der Waals surface area (Å²) in [5, 5.41) is 1.81. The number of ether oxygens (including phenoxy) is 1. The van der Waals surface area contributed by atoms with Crippen LogP contribution in [0, 0.1) is 5.92 Å². The van der Waals surface area contributed by atoms with Crippen LogP contribution in [0.3, 0.4) is 0 Å². The average Bonchev–Trinajstić information content (AvgIpc) is 3.25. The maximum absolute atomic E-state index is 13.0. The summed E-state index contributed by atoms with van der Waals surface area (Å²) in [5.41, 5.74) is 0.971. The summed E-state index contributed by atoms with van der Waals surface area (Å²) in [7, 11) is -1.83. The second-order valence-electron chi connectivity index (χ2n) is 5.91. The van der Waals surface area contributed by atoms with Gasteiger partial charge < -0.3 is 4.74 Å². The van der Waals surface area contributed by atoms with Crippen molar-refractivity contribution in [2.45, 2.75) is 36.6 Å². The van der Waals surface area contributed by atoms with Crippen molar-refractivity contribution in [2.24, 2.45) is 5.92 Å². The molecule has 1 atom stereocenters. The molecule has 1 aromatic carbocycles. The normalized spacial score (nSPS) is 16.5. The third-order valence-electron chi connectivity index (χ3n) is 4.31. The quantitative estimate of drug-likeness (QED) is 0.763. The highest BCUT2D eigenvalue weighted by Gasteiger charge is 2.38. The Morgan fingerprint density at radius 1 is 1.26 bits per heavy atom. The number of nitrogens with zero attached hydrogens (tertiary/aromatic N) is 1. The van der Waals surface area contributed by atoms with E-state index in [4.69, 9.17) is 4.74 Å². The predicted octanol–water partition coefficient (Wildman–Crippen LogP) is 3.75. The van der Waals surface area contributed by atoms with Gasteiger partial charge in [0.05, 0.1) is 7.11 Å². The maximum atomic E-state index is 13.0. The van der Waals surface area contributed by atoms with E-state index in [-0.39, 0.29) is 6.04 Å². The summed E-state index contributed by atoms with van der Waals surface area (Å²) in [4.78, 5) is 0. The largest absolute Gasteiger partial charge is 0.497 e. The topological polar surface area (TPSA) is 46.6 Å². The molecule has 1 heterocycles. The van der Waals surface area contributed by atoms with Gasteiger partial charge in [0.1, 0.15) is 9.96 Å². The summed E-state index contributed by atoms with van der Waals surface area (Å²) >= 11 is 1.27. The van der Waals surface area contributed by atoms with Gasteiger partial charge in [-0.2, -0.15) is 4.31 Å². The van der Waals surface area contributed by atoms with E-state index in [9.17, 15) is 8.42 Å². The first-order chi connectivity index (χ1) is 11.0. The van der Waals surface area contributed by atoms with Gasteiger partial charge in [0.2, 0.25) is 0 Å². The van der Waals surface area contributed by atoms with Crippen LogP contribution in [0.15, 0.2) is 46.0 Å². The van der Waals surface area contributed by atoms with E-state index in [1.54, 1.807) is 28.9 Å². The highest BCUT2D eigenvalue weighted by atomic mass is 32.2. The van der Waals surface area contributed by atoms with E-state index < -0.39 is 10.0 Å². The molecule has 0 N–H and O–H groups in total. The third-order valence-corrected chi connectivity index (χ3v) is 7.62. The number of benzene rings is 1. The van der Waals surface area contributed by atoms with Gasteiger partial charge in [-0.25, -0.2) is 8.42 Å². The Morgan fingerprint density at radius 3 is 2.48 bits per heavy atom. The van der Waals surface area contributed by atoms with Gasteiger partial charge in [0.25, 0.3) is 10.0 Å². The molecule has 23 heavy (non-hydrogen) atoms. The number of sulfonamides is 1. The molecule has 0 unspecified atom stereocenters. The minimum Gasteiger partial charge on any atom is -0.497 e. The molecule has 6 heteroatoms.